The maximum absolute atomic E-state index is 11.8. The number of fused-ring (bicyclic) bond motifs is 1. The molecular formula is C17H14ClNO4S. The Morgan fingerprint density at radius 2 is 1.83 bits per heavy atom. The lowest BCUT2D eigenvalue weighted by Crippen LogP contribution is -2.07. The standard InChI is InChI=1S/C17H14ClNO4S/c1-24(22,23)14-8-12-6-7-19(16(12)15(9-14)17(20)21)10-11-2-4-13(18)5-3-11/h2-9H,10H2,1H3,(H,20,21). The number of carbonyl (C=O) groups is 1. The highest BCUT2D eigenvalue weighted by atomic mass is 35.5. The van der Waals surface area contributed by atoms with Crippen LogP contribution in [0.25, 0.3) is 10.9 Å². The smallest absolute Gasteiger partial charge is 0.337 e. The molecule has 0 atom stereocenters. The van der Waals surface area contributed by atoms with Gasteiger partial charge in [-0.25, -0.2) is 13.2 Å². The Morgan fingerprint density at radius 3 is 2.42 bits per heavy atom. The fraction of sp³-hybridized carbons (Fsp3) is 0.118. The molecule has 24 heavy (non-hydrogen) atoms. The summed E-state index contributed by atoms with van der Waals surface area (Å²) in [7, 11) is -3.49. The van der Waals surface area contributed by atoms with E-state index < -0.39 is 15.8 Å². The van der Waals surface area contributed by atoms with Crippen molar-refractivity contribution in [2.45, 2.75) is 11.4 Å². The van der Waals surface area contributed by atoms with Crippen LogP contribution in [0.15, 0.2) is 53.6 Å². The molecule has 2 aromatic carbocycles. The third-order valence-corrected chi connectivity index (χ3v) is 5.10. The zero-order chi connectivity index (χ0) is 17.5. The molecule has 1 N–H and O–H groups in total. The van der Waals surface area contributed by atoms with Gasteiger partial charge in [0.15, 0.2) is 9.84 Å². The molecule has 0 aliphatic carbocycles. The van der Waals surface area contributed by atoms with E-state index >= 15 is 0 Å². The van der Waals surface area contributed by atoms with Gasteiger partial charge in [0.05, 0.1) is 16.0 Å². The van der Waals surface area contributed by atoms with E-state index in [2.05, 4.69) is 0 Å². The van der Waals surface area contributed by atoms with Crippen molar-refractivity contribution >= 4 is 38.3 Å². The first-order valence-corrected chi connectivity index (χ1v) is 9.33. The molecule has 0 saturated heterocycles. The Balaban J connectivity index is 2.17. The van der Waals surface area contributed by atoms with E-state index in [1.165, 1.54) is 12.1 Å². The molecular weight excluding hydrogens is 350 g/mol. The Morgan fingerprint density at radius 1 is 1.17 bits per heavy atom. The summed E-state index contributed by atoms with van der Waals surface area (Å²) >= 11 is 5.87. The number of carboxylic acids is 1. The van der Waals surface area contributed by atoms with Crippen molar-refractivity contribution in [1.82, 2.24) is 4.57 Å². The van der Waals surface area contributed by atoms with Gasteiger partial charge in [0.25, 0.3) is 0 Å². The second-order valence-corrected chi connectivity index (χ2v) is 8.01. The van der Waals surface area contributed by atoms with E-state index in [4.69, 9.17) is 11.6 Å². The van der Waals surface area contributed by atoms with Crippen molar-refractivity contribution in [2.75, 3.05) is 6.26 Å². The van der Waals surface area contributed by atoms with E-state index in [-0.39, 0.29) is 10.5 Å². The third-order valence-electron chi connectivity index (χ3n) is 3.76. The van der Waals surface area contributed by atoms with Crippen LogP contribution < -0.4 is 0 Å². The zero-order valence-corrected chi connectivity index (χ0v) is 14.3. The van der Waals surface area contributed by atoms with Crippen LogP contribution in [0.1, 0.15) is 15.9 Å². The molecule has 0 aliphatic rings. The number of halogens is 1. The van der Waals surface area contributed by atoms with Crippen LogP contribution in [0, 0.1) is 0 Å². The van der Waals surface area contributed by atoms with Crippen molar-refractivity contribution in [3.63, 3.8) is 0 Å². The molecule has 7 heteroatoms. The molecule has 0 saturated carbocycles. The molecule has 0 aliphatic heterocycles. The summed E-state index contributed by atoms with van der Waals surface area (Å²) in [6, 6.07) is 11.7. The number of benzene rings is 2. The number of rotatable bonds is 4. The van der Waals surface area contributed by atoms with Crippen molar-refractivity contribution in [1.29, 1.82) is 0 Å². The molecule has 3 aromatic rings. The van der Waals surface area contributed by atoms with Crippen LogP contribution in [0.5, 0.6) is 0 Å². The van der Waals surface area contributed by atoms with Gasteiger partial charge in [-0.1, -0.05) is 23.7 Å². The van der Waals surface area contributed by atoms with Gasteiger partial charge in [0.1, 0.15) is 0 Å². The molecule has 0 amide bonds. The first-order chi connectivity index (χ1) is 11.3. The van der Waals surface area contributed by atoms with Crippen LogP contribution >= 0.6 is 11.6 Å². The molecule has 0 bridgehead atoms. The number of hydrogen-bond donors (Lipinski definition) is 1. The number of sulfone groups is 1. The molecule has 1 heterocycles. The Hall–Kier alpha value is -2.31. The number of aromatic nitrogens is 1. The lowest BCUT2D eigenvalue weighted by atomic mass is 10.1. The minimum atomic E-state index is -3.49. The summed E-state index contributed by atoms with van der Waals surface area (Å²) in [5.41, 5.74) is 1.41. The van der Waals surface area contributed by atoms with Gasteiger partial charge in [-0.2, -0.15) is 0 Å². The summed E-state index contributed by atoms with van der Waals surface area (Å²) in [5.74, 6) is -1.17. The van der Waals surface area contributed by atoms with Gasteiger partial charge in [-0.05, 0) is 35.9 Å². The van der Waals surface area contributed by atoms with E-state index in [9.17, 15) is 18.3 Å². The molecule has 3 rings (SSSR count). The van der Waals surface area contributed by atoms with Crippen LogP contribution in [0.3, 0.4) is 0 Å². The van der Waals surface area contributed by atoms with Crippen LogP contribution in [-0.2, 0) is 16.4 Å². The Bertz CT molecular complexity index is 1040. The predicted molar refractivity (Wildman–Crippen MR) is 92.6 cm³/mol. The van der Waals surface area contributed by atoms with Gasteiger partial charge in [-0.3, -0.25) is 0 Å². The summed E-state index contributed by atoms with van der Waals surface area (Å²) in [6.45, 7) is 0.458. The molecule has 0 spiro atoms. The van der Waals surface area contributed by atoms with Crippen LogP contribution in [0.2, 0.25) is 5.02 Å². The zero-order valence-electron chi connectivity index (χ0n) is 12.7. The molecule has 5 nitrogen and oxygen atoms in total. The van der Waals surface area contributed by atoms with Crippen LogP contribution in [0.4, 0.5) is 0 Å². The summed E-state index contributed by atoms with van der Waals surface area (Å²) in [4.78, 5) is 11.6. The second kappa shape index (κ2) is 5.96. The highest BCUT2D eigenvalue weighted by Crippen LogP contribution is 2.26. The number of nitrogens with zero attached hydrogens (tertiary/aromatic N) is 1. The highest BCUT2D eigenvalue weighted by Gasteiger charge is 2.18. The predicted octanol–water partition coefficient (Wildman–Crippen LogP) is 3.44. The SMILES string of the molecule is CS(=O)(=O)c1cc(C(=O)O)c2c(ccn2Cc2ccc(Cl)cc2)c1. The van der Waals surface area contributed by atoms with Gasteiger partial charge in [0.2, 0.25) is 0 Å². The topological polar surface area (TPSA) is 76.4 Å². The summed E-state index contributed by atoms with van der Waals surface area (Å²) < 4.78 is 25.3. The third kappa shape index (κ3) is 3.16. The second-order valence-electron chi connectivity index (χ2n) is 5.56. The van der Waals surface area contributed by atoms with E-state index in [1.807, 2.05) is 12.1 Å². The number of carboxylic acid groups (broad SMARTS) is 1. The van der Waals surface area contributed by atoms with Crippen molar-refractivity contribution in [3.8, 4) is 0 Å². The maximum Gasteiger partial charge on any atom is 0.337 e. The Labute approximate surface area is 144 Å². The number of hydrogen-bond acceptors (Lipinski definition) is 3. The largest absolute Gasteiger partial charge is 0.478 e. The summed E-state index contributed by atoms with van der Waals surface area (Å²) in [5, 5.41) is 10.7. The molecule has 0 unspecified atom stereocenters. The van der Waals surface area contributed by atoms with Gasteiger partial charge >= 0.3 is 5.97 Å². The Kier molecular flexibility index (Phi) is 4.11. The maximum atomic E-state index is 11.8. The molecule has 124 valence electrons. The fourth-order valence-electron chi connectivity index (χ4n) is 2.62. The molecule has 1 aromatic heterocycles. The van der Waals surface area contributed by atoms with E-state index in [0.717, 1.165) is 11.8 Å². The quantitative estimate of drug-likeness (QED) is 0.770. The lowest BCUT2D eigenvalue weighted by molar-refractivity contribution is 0.0698. The minimum Gasteiger partial charge on any atom is -0.478 e. The molecule has 0 radical (unpaired) electrons. The van der Waals surface area contributed by atoms with Gasteiger partial charge < -0.3 is 9.67 Å². The van der Waals surface area contributed by atoms with Gasteiger partial charge in [-0.15, -0.1) is 0 Å². The normalized spacial score (nSPS) is 11.8. The number of aromatic carboxylic acids is 1. The van der Waals surface area contributed by atoms with Gasteiger partial charge in [0, 0.05) is 29.4 Å². The van der Waals surface area contributed by atoms with Crippen LogP contribution in [-0.4, -0.2) is 30.3 Å². The van der Waals surface area contributed by atoms with E-state index in [1.54, 1.807) is 29.0 Å². The highest BCUT2D eigenvalue weighted by molar-refractivity contribution is 7.90. The minimum absolute atomic E-state index is 0.00311. The first kappa shape index (κ1) is 16.5. The van der Waals surface area contributed by atoms with Crippen molar-refractivity contribution in [2.24, 2.45) is 0 Å². The lowest BCUT2D eigenvalue weighted by Gasteiger charge is -2.10. The monoisotopic (exact) mass is 363 g/mol. The van der Waals surface area contributed by atoms with E-state index in [0.29, 0.717) is 22.5 Å². The molecule has 0 fully saturated rings. The van der Waals surface area contributed by atoms with Crippen molar-refractivity contribution in [3.05, 3.63) is 64.8 Å². The van der Waals surface area contributed by atoms with Crippen molar-refractivity contribution < 1.29 is 18.3 Å². The average molecular weight is 364 g/mol. The average Bonchev–Trinajstić information content (AvgIpc) is 2.91. The first-order valence-electron chi connectivity index (χ1n) is 7.06. The fourth-order valence-corrected chi connectivity index (χ4v) is 3.42. The summed E-state index contributed by atoms with van der Waals surface area (Å²) in [6.07, 6.45) is 2.81.